The summed E-state index contributed by atoms with van der Waals surface area (Å²) in [6, 6.07) is 12.8. The van der Waals surface area contributed by atoms with Crippen molar-refractivity contribution in [3.8, 4) is 0 Å². The fraction of sp³-hybridized carbons (Fsp3) is 0.240. The van der Waals surface area contributed by atoms with Crippen LogP contribution in [-0.4, -0.2) is 29.0 Å². The van der Waals surface area contributed by atoms with Gasteiger partial charge in [0.15, 0.2) is 5.11 Å². The zero-order valence-electron chi connectivity index (χ0n) is 18.4. The van der Waals surface area contributed by atoms with E-state index in [1.165, 1.54) is 4.90 Å². The van der Waals surface area contributed by atoms with Crippen molar-refractivity contribution in [3.63, 3.8) is 0 Å². The van der Waals surface area contributed by atoms with Gasteiger partial charge in [0.25, 0.3) is 11.8 Å². The molecule has 2 aliphatic rings. The number of carbonyl (C=O) groups is 2. The van der Waals surface area contributed by atoms with Crippen LogP contribution in [0.1, 0.15) is 38.8 Å². The molecular weight excluding hydrogens is 442 g/mol. The van der Waals surface area contributed by atoms with Crippen LogP contribution in [0.25, 0.3) is 11.6 Å². The Kier molecular flexibility index (Phi) is 5.69. The van der Waals surface area contributed by atoms with E-state index in [1.807, 2.05) is 18.2 Å². The summed E-state index contributed by atoms with van der Waals surface area (Å²) in [5.41, 5.74) is 4.60. The molecule has 0 radical (unpaired) electrons. The third-order valence-electron chi connectivity index (χ3n) is 5.80. The summed E-state index contributed by atoms with van der Waals surface area (Å²) in [6.45, 7) is 9.47. The number of anilines is 2. The van der Waals surface area contributed by atoms with E-state index in [4.69, 9.17) is 23.8 Å². The normalized spacial score (nSPS) is 19.1. The number of fused-ring (bicyclic) bond motifs is 1. The quantitative estimate of drug-likeness (QED) is 0.385. The van der Waals surface area contributed by atoms with E-state index in [2.05, 4.69) is 44.0 Å². The van der Waals surface area contributed by atoms with Crippen molar-refractivity contribution >= 4 is 63.8 Å². The number of nitrogens with zero attached hydrogens (tertiary/aromatic N) is 2. The van der Waals surface area contributed by atoms with Crippen LogP contribution in [0.2, 0.25) is 5.02 Å². The number of rotatable bonds is 3. The molecule has 5 nitrogen and oxygen atoms in total. The summed E-state index contributed by atoms with van der Waals surface area (Å²) >= 11 is 11.3. The minimum Gasteiger partial charge on any atom is -0.363 e. The Morgan fingerprint density at radius 3 is 2.59 bits per heavy atom. The van der Waals surface area contributed by atoms with Crippen molar-refractivity contribution < 1.29 is 9.59 Å². The second-order valence-electron chi connectivity index (χ2n) is 8.44. The molecule has 0 bridgehead atoms. The minimum atomic E-state index is -0.514. The smallest absolute Gasteiger partial charge is 0.270 e. The highest BCUT2D eigenvalue weighted by molar-refractivity contribution is 7.80. The highest BCUT2D eigenvalue weighted by atomic mass is 35.5. The molecule has 0 aromatic heterocycles. The molecule has 0 atom stereocenters. The van der Waals surface area contributed by atoms with Gasteiger partial charge in [0.05, 0.1) is 11.2 Å². The Morgan fingerprint density at radius 2 is 1.91 bits per heavy atom. The summed E-state index contributed by atoms with van der Waals surface area (Å²) < 4.78 is 0. The lowest BCUT2D eigenvalue weighted by Crippen LogP contribution is -2.54. The van der Waals surface area contributed by atoms with E-state index in [0.29, 0.717) is 10.7 Å². The zero-order valence-corrected chi connectivity index (χ0v) is 20.0. The molecule has 2 aromatic rings. The van der Waals surface area contributed by atoms with Crippen LogP contribution in [0.4, 0.5) is 11.4 Å². The molecule has 1 saturated heterocycles. The van der Waals surface area contributed by atoms with Crippen molar-refractivity contribution in [2.75, 3.05) is 16.3 Å². The van der Waals surface area contributed by atoms with E-state index < -0.39 is 11.8 Å². The van der Waals surface area contributed by atoms with Gasteiger partial charge in [0, 0.05) is 22.8 Å². The molecule has 2 heterocycles. The zero-order chi connectivity index (χ0) is 23.2. The maximum atomic E-state index is 13.2. The number of hydrogen-bond donors (Lipinski definition) is 1. The van der Waals surface area contributed by atoms with Crippen molar-refractivity contribution in [1.29, 1.82) is 0 Å². The number of hydrogen-bond acceptors (Lipinski definition) is 4. The third-order valence-corrected chi connectivity index (χ3v) is 6.32. The second-order valence-corrected chi connectivity index (χ2v) is 9.26. The van der Waals surface area contributed by atoms with Crippen LogP contribution in [0.15, 0.2) is 54.1 Å². The summed E-state index contributed by atoms with van der Waals surface area (Å²) in [5.74, 6) is -0.998. The van der Waals surface area contributed by atoms with Crippen molar-refractivity contribution in [2.45, 2.75) is 33.2 Å². The lowest BCUT2D eigenvalue weighted by Gasteiger charge is -2.42. The molecule has 4 rings (SSSR count). The first kappa shape index (κ1) is 22.2. The topological polar surface area (TPSA) is 52.7 Å². The largest absolute Gasteiger partial charge is 0.363 e. The SMILES string of the molecule is CCN1c2ccc(/C=C3\C(=O)NC(=S)N(c4cccc(Cl)c4)C3=O)cc2C(C)=CC1(C)C. The first-order chi connectivity index (χ1) is 15.1. The van der Waals surface area contributed by atoms with Gasteiger partial charge in [0.1, 0.15) is 5.57 Å². The molecule has 2 aromatic carbocycles. The molecule has 7 heteroatoms. The molecule has 2 amide bonds. The lowest BCUT2D eigenvalue weighted by molar-refractivity contribution is -0.122. The van der Waals surface area contributed by atoms with Crippen molar-refractivity contribution in [2.24, 2.45) is 0 Å². The first-order valence-electron chi connectivity index (χ1n) is 10.4. The highest BCUT2D eigenvalue weighted by Crippen LogP contribution is 2.39. The van der Waals surface area contributed by atoms with Crippen molar-refractivity contribution in [3.05, 3.63) is 70.3 Å². The van der Waals surface area contributed by atoms with Gasteiger partial charge in [-0.15, -0.1) is 0 Å². The molecule has 1 fully saturated rings. The molecule has 2 aliphatic heterocycles. The molecule has 164 valence electrons. The number of nitrogens with one attached hydrogen (secondary N) is 1. The Bertz CT molecular complexity index is 1220. The average Bonchev–Trinajstić information content (AvgIpc) is 2.71. The fourth-order valence-electron chi connectivity index (χ4n) is 4.44. The minimum absolute atomic E-state index is 0.0173. The Morgan fingerprint density at radius 1 is 1.16 bits per heavy atom. The average molecular weight is 466 g/mol. The Labute approximate surface area is 198 Å². The first-order valence-corrected chi connectivity index (χ1v) is 11.2. The summed E-state index contributed by atoms with van der Waals surface area (Å²) in [5, 5.41) is 3.12. The molecule has 0 saturated carbocycles. The van der Waals surface area contributed by atoms with Crippen LogP contribution >= 0.6 is 23.8 Å². The fourth-order valence-corrected chi connectivity index (χ4v) is 4.91. The van der Waals surface area contributed by atoms with E-state index in [1.54, 1.807) is 30.3 Å². The highest BCUT2D eigenvalue weighted by Gasteiger charge is 2.35. The molecule has 0 aliphatic carbocycles. The van der Waals surface area contributed by atoms with Gasteiger partial charge in [-0.3, -0.25) is 19.8 Å². The van der Waals surface area contributed by atoms with Gasteiger partial charge in [-0.2, -0.15) is 0 Å². The number of benzene rings is 2. The number of halogens is 1. The molecule has 32 heavy (non-hydrogen) atoms. The van der Waals surface area contributed by atoms with E-state index >= 15 is 0 Å². The second kappa shape index (κ2) is 8.19. The monoisotopic (exact) mass is 465 g/mol. The van der Waals surface area contributed by atoms with Crippen molar-refractivity contribution in [1.82, 2.24) is 5.32 Å². The van der Waals surface area contributed by atoms with Crippen LogP contribution in [0.3, 0.4) is 0 Å². The lowest BCUT2D eigenvalue weighted by atomic mass is 9.88. The van der Waals surface area contributed by atoms with Gasteiger partial charge in [-0.1, -0.05) is 29.8 Å². The van der Waals surface area contributed by atoms with Crippen LogP contribution in [0, 0.1) is 0 Å². The van der Waals surface area contributed by atoms with E-state index in [-0.39, 0.29) is 16.2 Å². The van der Waals surface area contributed by atoms with Gasteiger partial charge in [-0.25, -0.2) is 0 Å². The Hall–Kier alpha value is -2.96. The molecule has 0 unspecified atom stereocenters. The maximum Gasteiger partial charge on any atom is 0.270 e. The molecular formula is C25H24ClN3O2S. The number of thiocarbonyl (C=S) groups is 1. The number of likely N-dealkylation sites (N-methyl/N-ethyl adjacent to an activating group) is 1. The number of carbonyl (C=O) groups excluding carboxylic acids is 2. The number of amides is 2. The van der Waals surface area contributed by atoms with Crippen LogP contribution < -0.4 is 15.1 Å². The maximum absolute atomic E-state index is 13.2. The Balaban J connectivity index is 1.75. The predicted octanol–water partition coefficient (Wildman–Crippen LogP) is 5.19. The van der Waals surface area contributed by atoms with Gasteiger partial charge in [-0.05, 0) is 87.5 Å². The van der Waals surface area contributed by atoms with Gasteiger partial charge in [0.2, 0.25) is 0 Å². The predicted molar refractivity (Wildman–Crippen MR) is 135 cm³/mol. The van der Waals surface area contributed by atoms with Crippen LogP contribution in [0.5, 0.6) is 0 Å². The van der Waals surface area contributed by atoms with Gasteiger partial charge < -0.3 is 4.90 Å². The standard InChI is InChI=1S/C25H24ClN3O2S/c1-5-28-21-10-9-16(11-19(21)15(2)14-25(28,3)4)12-20-22(30)27-24(32)29(23(20)31)18-8-6-7-17(26)13-18/h6-14H,5H2,1-4H3,(H,27,30,32)/b20-12+. The summed E-state index contributed by atoms with van der Waals surface area (Å²) in [6.07, 6.45) is 3.86. The molecule has 1 N–H and O–H groups in total. The summed E-state index contributed by atoms with van der Waals surface area (Å²) in [4.78, 5) is 29.5. The van der Waals surface area contributed by atoms with Gasteiger partial charge >= 0.3 is 0 Å². The van der Waals surface area contributed by atoms with E-state index in [0.717, 1.165) is 28.9 Å². The van der Waals surface area contributed by atoms with Crippen LogP contribution in [-0.2, 0) is 9.59 Å². The third kappa shape index (κ3) is 3.85. The summed E-state index contributed by atoms with van der Waals surface area (Å²) in [7, 11) is 0. The van der Waals surface area contributed by atoms with E-state index in [9.17, 15) is 9.59 Å². The number of allylic oxidation sites excluding steroid dienone is 1. The molecule has 0 spiro atoms.